The maximum absolute atomic E-state index is 5.68. The average Bonchev–Trinajstić information content (AvgIpc) is 2.02. The van der Waals surface area contributed by atoms with Gasteiger partial charge in [-0.1, -0.05) is 6.92 Å². The third-order valence-corrected chi connectivity index (χ3v) is 1.70. The molecular weight excluding hydrogens is 164 g/mol. The van der Waals surface area contributed by atoms with Gasteiger partial charge in [0.25, 0.3) is 0 Å². The van der Waals surface area contributed by atoms with Crippen molar-refractivity contribution in [1.29, 1.82) is 0 Å². The van der Waals surface area contributed by atoms with Gasteiger partial charge in [-0.2, -0.15) is 0 Å². The van der Waals surface area contributed by atoms with Gasteiger partial charge in [-0.15, -0.1) is 0 Å². The molecule has 0 heterocycles. The fraction of sp³-hybridized carbons (Fsp3) is 0.900. The molecule has 0 atom stereocenters. The maximum atomic E-state index is 5.68. The van der Waals surface area contributed by atoms with Gasteiger partial charge in [0.05, 0.1) is 18.0 Å². The zero-order valence-electron chi connectivity index (χ0n) is 9.26. The minimum Gasteiger partial charge on any atom is -0.387 e. The van der Waals surface area contributed by atoms with E-state index < -0.39 is 0 Å². The van der Waals surface area contributed by atoms with Gasteiger partial charge in [-0.3, -0.25) is 4.99 Å². The molecule has 0 aliphatic rings. The second-order valence-electron chi connectivity index (χ2n) is 3.75. The molecule has 0 aromatic heterocycles. The van der Waals surface area contributed by atoms with E-state index in [0.717, 1.165) is 25.3 Å². The van der Waals surface area contributed by atoms with Gasteiger partial charge >= 0.3 is 0 Å². The van der Waals surface area contributed by atoms with Crippen molar-refractivity contribution in [3.05, 3.63) is 0 Å². The summed E-state index contributed by atoms with van der Waals surface area (Å²) < 4.78 is 5.50. The zero-order valence-corrected chi connectivity index (χ0v) is 9.26. The lowest BCUT2D eigenvalue weighted by molar-refractivity contribution is -0.00213. The molecule has 0 radical (unpaired) electrons. The Labute approximate surface area is 81.4 Å². The normalized spacial score (nSPS) is 13.4. The highest BCUT2D eigenvalue weighted by molar-refractivity contribution is 5.80. The van der Waals surface area contributed by atoms with Gasteiger partial charge in [0, 0.05) is 13.0 Å². The Balaban J connectivity index is 3.90. The van der Waals surface area contributed by atoms with E-state index in [4.69, 9.17) is 10.5 Å². The Bertz CT molecular complexity index is 164. The first-order chi connectivity index (χ1) is 6.02. The number of aliphatic imine (C=N–C) groups is 1. The Morgan fingerprint density at radius 1 is 1.38 bits per heavy atom. The average molecular weight is 186 g/mol. The number of hydrogen-bond acceptors (Lipinski definition) is 2. The molecular formula is C10H22N2O. The second kappa shape index (κ2) is 5.97. The zero-order chi connectivity index (χ0) is 10.3. The summed E-state index contributed by atoms with van der Waals surface area (Å²) in [6, 6.07) is 0. The summed E-state index contributed by atoms with van der Waals surface area (Å²) in [6.07, 6.45) is 1.92. The summed E-state index contributed by atoms with van der Waals surface area (Å²) in [7, 11) is 0. The standard InChI is InChI=1S/C10H22N2O/c1-5-7-9(11)12-8-10(3,4)13-6-2/h5-8H2,1-4H3,(H2,11,12). The maximum Gasteiger partial charge on any atom is 0.0938 e. The first-order valence-corrected chi connectivity index (χ1v) is 4.94. The van der Waals surface area contributed by atoms with Gasteiger partial charge in [0.15, 0.2) is 0 Å². The molecule has 0 unspecified atom stereocenters. The van der Waals surface area contributed by atoms with E-state index in [9.17, 15) is 0 Å². The molecule has 0 saturated heterocycles. The molecule has 0 rings (SSSR count). The lowest BCUT2D eigenvalue weighted by Gasteiger charge is -2.22. The van der Waals surface area contributed by atoms with E-state index in [1.807, 2.05) is 20.8 Å². The number of nitrogens with two attached hydrogens (primary N) is 1. The van der Waals surface area contributed by atoms with Crippen LogP contribution < -0.4 is 5.73 Å². The summed E-state index contributed by atoms with van der Waals surface area (Å²) in [6.45, 7) is 9.50. The highest BCUT2D eigenvalue weighted by Gasteiger charge is 2.16. The number of nitrogens with zero attached hydrogens (tertiary/aromatic N) is 1. The molecule has 0 aromatic rings. The molecule has 13 heavy (non-hydrogen) atoms. The molecule has 0 bridgehead atoms. The monoisotopic (exact) mass is 186 g/mol. The van der Waals surface area contributed by atoms with Crippen LogP contribution in [0.1, 0.15) is 40.5 Å². The van der Waals surface area contributed by atoms with E-state index >= 15 is 0 Å². The third-order valence-electron chi connectivity index (χ3n) is 1.70. The smallest absolute Gasteiger partial charge is 0.0938 e. The lowest BCUT2D eigenvalue weighted by atomic mass is 10.1. The number of ether oxygens (including phenoxy) is 1. The Morgan fingerprint density at radius 3 is 2.46 bits per heavy atom. The number of amidine groups is 1. The van der Waals surface area contributed by atoms with E-state index in [-0.39, 0.29) is 5.60 Å². The van der Waals surface area contributed by atoms with Crippen LogP contribution in [0, 0.1) is 0 Å². The number of hydrogen-bond donors (Lipinski definition) is 1. The highest BCUT2D eigenvalue weighted by Crippen LogP contribution is 2.09. The van der Waals surface area contributed by atoms with Gasteiger partial charge in [-0.25, -0.2) is 0 Å². The van der Waals surface area contributed by atoms with Gasteiger partial charge < -0.3 is 10.5 Å². The fourth-order valence-electron chi connectivity index (χ4n) is 1.06. The van der Waals surface area contributed by atoms with E-state index in [2.05, 4.69) is 11.9 Å². The van der Waals surface area contributed by atoms with E-state index in [0.29, 0.717) is 6.54 Å². The van der Waals surface area contributed by atoms with Crippen molar-refractivity contribution in [3.8, 4) is 0 Å². The topological polar surface area (TPSA) is 47.6 Å². The van der Waals surface area contributed by atoms with Gasteiger partial charge in [-0.05, 0) is 27.2 Å². The molecule has 0 fully saturated rings. The summed E-state index contributed by atoms with van der Waals surface area (Å²) in [5.74, 6) is 0.732. The third kappa shape index (κ3) is 6.58. The van der Waals surface area contributed by atoms with Gasteiger partial charge in [0.2, 0.25) is 0 Å². The quantitative estimate of drug-likeness (QED) is 0.509. The van der Waals surface area contributed by atoms with Crippen LogP contribution in [0.4, 0.5) is 0 Å². The Hall–Kier alpha value is -0.570. The summed E-state index contributed by atoms with van der Waals surface area (Å²) in [4.78, 5) is 4.27. The van der Waals surface area contributed by atoms with Crippen LogP contribution in [-0.4, -0.2) is 24.6 Å². The summed E-state index contributed by atoms with van der Waals surface area (Å²) in [5.41, 5.74) is 5.49. The first kappa shape index (κ1) is 12.4. The van der Waals surface area contributed by atoms with Crippen molar-refractivity contribution in [3.63, 3.8) is 0 Å². The molecule has 0 aliphatic carbocycles. The molecule has 2 N–H and O–H groups in total. The SMILES string of the molecule is CCCC(N)=NCC(C)(C)OCC. The van der Waals surface area contributed by atoms with E-state index in [1.165, 1.54) is 0 Å². The molecule has 0 amide bonds. The molecule has 78 valence electrons. The van der Waals surface area contributed by atoms with Crippen molar-refractivity contribution in [1.82, 2.24) is 0 Å². The van der Waals surface area contributed by atoms with Gasteiger partial charge in [0.1, 0.15) is 0 Å². The van der Waals surface area contributed by atoms with Crippen LogP contribution in [0.15, 0.2) is 4.99 Å². The molecule has 3 heteroatoms. The number of rotatable bonds is 6. The fourth-order valence-corrected chi connectivity index (χ4v) is 1.06. The van der Waals surface area contributed by atoms with Crippen molar-refractivity contribution in [2.45, 2.75) is 46.1 Å². The van der Waals surface area contributed by atoms with Crippen molar-refractivity contribution in [2.24, 2.45) is 10.7 Å². The van der Waals surface area contributed by atoms with Crippen LogP contribution in [0.5, 0.6) is 0 Å². The molecule has 0 aromatic carbocycles. The Kier molecular flexibility index (Phi) is 5.71. The molecule has 0 saturated carbocycles. The predicted molar refractivity (Wildman–Crippen MR) is 57.1 cm³/mol. The van der Waals surface area contributed by atoms with E-state index in [1.54, 1.807) is 0 Å². The highest BCUT2D eigenvalue weighted by atomic mass is 16.5. The minimum absolute atomic E-state index is 0.187. The molecule has 0 aliphatic heterocycles. The van der Waals surface area contributed by atoms with Crippen LogP contribution in [0.25, 0.3) is 0 Å². The van der Waals surface area contributed by atoms with Crippen LogP contribution >= 0.6 is 0 Å². The molecule has 0 spiro atoms. The van der Waals surface area contributed by atoms with Crippen LogP contribution in [-0.2, 0) is 4.74 Å². The second-order valence-corrected chi connectivity index (χ2v) is 3.75. The lowest BCUT2D eigenvalue weighted by Crippen LogP contribution is -2.29. The van der Waals surface area contributed by atoms with Crippen molar-refractivity contribution in [2.75, 3.05) is 13.2 Å². The largest absolute Gasteiger partial charge is 0.387 e. The van der Waals surface area contributed by atoms with Crippen molar-refractivity contribution < 1.29 is 4.74 Å². The van der Waals surface area contributed by atoms with Crippen LogP contribution in [0.2, 0.25) is 0 Å². The summed E-state index contributed by atoms with van der Waals surface area (Å²) >= 11 is 0. The van der Waals surface area contributed by atoms with Crippen LogP contribution in [0.3, 0.4) is 0 Å². The summed E-state index contributed by atoms with van der Waals surface area (Å²) in [5, 5.41) is 0. The molecule has 3 nitrogen and oxygen atoms in total. The van der Waals surface area contributed by atoms with Crippen molar-refractivity contribution >= 4 is 5.84 Å². The first-order valence-electron chi connectivity index (χ1n) is 4.94. The Morgan fingerprint density at radius 2 is 2.00 bits per heavy atom. The minimum atomic E-state index is -0.187. The predicted octanol–water partition coefficient (Wildman–Crippen LogP) is 1.96.